The standard InChI is InChI=1S/C22H35N3O3/c1-3-25-17(2)20(15-23-25)21(26)24-10-8-22(9-11-24)14-18(7-13-28-22)6-12-27-16-19-4-5-19/h15,18-19H,3-14,16H2,1-2H3. The van der Waals surface area contributed by atoms with Gasteiger partial charge in [0.05, 0.1) is 17.4 Å². The molecule has 0 radical (unpaired) electrons. The van der Waals surface area contributed by atoms with Crippen LogP contribution in [0.5, 0.6) is 0 Å². The second kappa shape index (κ2) is 8.54. The van der Waals surface area contributed by atoms with Crippen LogP contribution in [-0.4, -0.2) is 59.1 Å². The molecule has 3 fully saturated rings. The zero-order valence-electron chi connectivity index (χ0n) is 17.5. The molecule has 6 nitrogen and oxygen atoms in total. The third-order valence-corrected chi connectivity index (χ3v) is 6.91. The average Bonchev–Trinajstić information content (AvgIpc) is 3.46. The third-order valence-electron chi connectivity index (χ3n) is 6.91. The molecule has 6 heteroatoms. The van der Waals surface area contributed by atoms with Crippen molar-refractivity contribution in [2.24, 2.45) is 11.8 Å². The minimum Gasteiger partial charge on any atom is -0.381 e. The third kappa shape index (κ3) is 4.43. The lowest BCUT2D eigenvalue weighted by atomic mass is 9.78. The number of rotatable bonds is 7. The van der Waals surface area contributed by atoms with Crippen LogP contribution in [0.2, 0.25) is 0 Å². The average molecular weight is 390 g/mol. The van der Waals surface area contributed by atoms with Crippen LogP contribution in [0.3, 0.4) is 0 Å². The molecule has 0 bridgehead atoms. The smallest absolute Gasteiger partial charge is 0.257 e. The summed E-state index contributed by atoms with van der Waals surface area (Å²) in [6, 6.07) is 0. The van der Waals surface area contributed by atoms with Crippen LogP contribution in [0.25, 0.3) is 0 Å². The zero-order chi connectivity index (χ0) is 19.6. The Morgan fingerprint density at radius 3 is 2.75 bits per heavy atom. The Kier molecular flexibility index (Phi) is 6.07. The van der Waals surface area contributed by atoms with Gasteiger partial charge in [0.25, 0.3) is 5.91 Å². The Balaban J connectivity index is 1.27. The number of hydrogen-bond donors (Lipinski definition) is 0. The fourth-order valence-corrected chi connectivity index (χ4v) is 4.77. The summed E-state index contributed by atoms with van der Waals surface area (Å²) >= 11 is 0. The minimum absolute atomic E-state index is 0.0289. The molecule has 156 valence electrons. The van der Waals surface area contributed by atoms with Gasteiger partial charge in [-0.1, -0.05) is 0 Å². The van der Waals surface area contributed by atoms with Crippen LogP contribution in [0, 0.1) is 18.8 Å². The Morgan fingerprint density at radius 2 is 2.07 bits per heavy atom. The molecule has 1 aromatic heterocycles. The van der Waals surface area contributed by atoms with E-state index in [1.807, 2.05) is 23.4 Å². The molecular weight excluding hydrogens is 354 g/mol. The van der Waals surface area contributed by atoms with Crippen molar-refractivity contribution in [2.45, 2.75) is 70.9 Å². The molecule has 28 heavy (non-hydrogen) atoms. The van der Waals surface area contributed by atoms with Gasteiger partial charge in [-0.25, -0.2) is 0 Å². The minimum atomic E-state index is -0.0289. The van der Waals surface area contributed by atoms with Gasteiger partial charge in [0, 0.05) is 45.1 Å². The number of piperidine rings is 1. The van der Waals surface area contributed by atoms with Gasteiger partial charge >= 0.3 is 0 Å². The van der Waals surface area contributed by atoms with Crippen LogP contribution in [0.15, 0.2) is 6.20 Å². The maximum absolute atomic E-state index is 12.9. The van der Waals surface area contributed by atoms with Crippen molar-refractivity contribution in [3.05, 3.63) is 17.5 Å². The molecule has 1 aliphatic carbocycles. The summed E-state index contributed by atoms with van der Waals surface area (Å²) in [4.78, 5) is 14.9. The summed E-state index contributed by atoms with van der Waals surface area (Å²) in [6.45, 7) is 9.08. The molecule has 2 saturated heterocycles. The van der Waals surface area contributed by atoms with Crippen molar-refractivity contribution >= 4 is 5.91 Å². The second-order valence-corrected chi connectivity index (χ2v) is 8.95. The van der Waals surface area contributed by atoms with Gasteiger partial charge in [0.2, 0.25) is 0 Å². The Hall–Kier alpha value is -1.40. The quantitative estimate of drug-likeness (QED) is 0.671. The van der Waals surface area contributed by atoms with Crippen molar-refractivity contribution in [1.29, 1.82) is 0 Å². The lowest BCUT2D eigenvalue weighted by molar-refractivity contribution is -0.126. The van der Waals surface area contributed by atoms with Crippen LogP contribution in [0.1, 0.15) is 67.9 Å². The van der Waals surface area contributed by atoms with Gasteiger partial charge in [-0.05, 0) is 70.6 Å². The molecule has 3 heterocycles. The fraction of sp³-hybridized carbons (Fsp3) is 0.818. The Morgan fingerprint density at radius 1 is 1.29 bits per heavy atom. The molecule has 4 rings (SSSR count). The Bertz CT molecular complexity index is 675. The van der Waals surface area contributed by atoms with Gasteiger partial charge < -0.3 is 14.4 Å². The maximum atomic E-state index is 12.9. The number of aromatic nitrogens is 2. The fourth-order valence-electron chi connectivity index (χ4n) is 4.77. The second-order valence-electron chi connectivity index (χ2n) is 8.95. The van der Waals surface area contributed by atoms with Crippen molar-refractivity contribution in [2.75, 3.05) is 32.9 Å². The zero-order valence-corrected chi connectivity index (χ0v) is 17.5. The number of hydrogen-bond acceptors (Lipinski definition) is 4. The molecule has 3 aliphatic rings. The molecule has 0 aromatic carbocycles. The topological polar surface area (TPSA) is 56.6 Å². The first kappa shape index (κ1) is 19.9. The lowest BCUT2D eigenvalue weighted by Crippen LogP contribution is -2.51. The van der Waals surface area contributed by atoms with Crippen molar-refractivity contribution in [3.8, 4) is 0 Å². The number of likely N-dealkylation sites (tertiary alicyclic amines) is 1. The predicted octanol–water partition coefficient (Wildman–Crippen LogP) is 3.43. The van der Waals surface area contributed by atoms with E-state index in [2.05, 4.69) is 5.10 Å². The number of aryl methyl sites for hydroxylation is 1. The van der Waals surface area contributed by atoms with Gasteiger partial charge in [0.15, 0.2) is 0 Å². The van der Waals surface area contributed by atoms with Crippen LogP contribution in [0.4, 0.5) is 0 Å². The van der Waals surface area contributed by atoms with E-state index in [0.717, 1.165) is 88.7 Å². The van der Waals surface area contributed by atoms with Crippen LogP contribution < -0.4 is 0 Å². The number of carbonyl (C=O) groups excluding carboxylic acids is 1. The van der Waals surface area contributed by atoms with E-state index in [1.165, 1.54) is 12.8 Å². The summed E-state index contributed by atoms with van der Waals surface area (Å²) in [5, 5.41) is 4.33. The SMILES string of the molecule is CCn1ncc(C(=O)N2CCC3(CC2)CC(CCOCC2CC2)CCO3)c1C. The highest BCUT2D eigenvalue weighted by atomic mass is 16.5. The number of ether oxygens (including phenoxy) is 2. The molecule has 1 atom stereocenters. The van der Waals surface area contributed by atoms with Crippen molar-refractivity contribution < 1.29 is 14.3 Å². The highest BCUT2D eigenvalue weighted by Crippen LogP contribution is 2.39. The van der Waals surface area contributed by atoms with E-state index in [9.17, 15) is 4.79 Å². The number of carbonyl (C=O) groups is 1. The van der Waals surface area contributed by atoms with Crippen molar-refractivity contribution in [1.82, 2.24) is 14.7 Å². The van der Waals surface area contributed by atoms with E-state index < -0.39 is 0 Å². The van der Waals surface area contributed by atoms with E-state index in [4.69, 9.17) is 9.47 Å². The van der Waals surface area contributed by atoms with E-state index in [1.54, 1.807) is 6.20 Å². The molecule has 0 N–H and O–H groups in total. The molecule has 2 aliphatic heterocycles. The van der Waals surface area contributed by atoms with Gasteiger partial charge in [-0.15, -0.1) is 0 Å². The number of nitrogens with zero attached hydrogens (tertiary/aromatic N) is 3. The summed E-state index contributed by atoms with van der Waals surface area (Å²) in [7, 11) is 0. The summed E-state index contributed by atoms with van der Waals surface area (Å²) < 4.78 is 14.0. The van der Waals surface area contributed by atoms with Crippen LogP contribution in [-0.2, 0) is 16.0 Å². The molecular formula is C22H35N3O3. The molecule has 1 amide bonds. The maximum Gasteiger partial charge on any atom is 0.257 e. The first-order valence-corrected chi connectivity index (χ1v) is 11.1. The molecule has 1 saturated carbocycles. The van der Waals surface area contributed by atoms with E-state index in [0.29, 0.717) is 5.92 Å². The predicted molar refractivity (Wildman–Crippen MR) is 107 cm³/mol. The van der Waals surface area contributed by atoms with Gasteiger partial charge in [-0.2, -0.15) is 5.10 Å². The highest BCUT2D eigenvalue weighted by Gasteiger charge is 2.41. The number of amides is 1. The van der Waals surface area contributed by atoms with Crippen molar-refractivity contribution in [3.63, 3.8) is 0 Å². The molecule has 1 aromatic rings. The summed E-state index contributed by atoms with van der Waals surface area (Å²) in [5.41, 5.74) is 1.68. The first-order valence-electron chi connectivity index (χ1n) is 11.1. The largest absolute Gasteiger partial charge is 0.381 e. The van der Waals surface area contributed by atoms with Gasteiger partial charge in [-0.3, -0.25) is 9.48 Å². The summed E-state index contributed by atoms with van der Waals surface area (Å²) in [5.74, 6) is 1.66. The van der Waals surface area contributed by atoms with E-state index in [-0.39, 0.29) is 11.5 Å². The molecule has 1 spiro atoms. The van der Waals surface area contributed by atoms with Gasteiger partial charge in [0.1, 0.15) is 0 Å². The normalized spacial score (nSPS) is 24.6. The highest BCUT2D eigenvalue weighted by molar-refractivity contribution is 5.95. The van der Waals surface area contributed by atoms with Crippen LogP contribution >= 0.6 is 0 Å². The summed E-state index contributed by atoms with van der Waals surface area (Å²) in [6.07, 6.45) is 9.73. The lowest BCUT2D eigenvalue weighted by Gasteiger charge is -2.46. The van der Waals surface area contributed by atoms with E-state index >= 15 is 0 Å². The first-order chi connectivity index (χ1) is 13.6. The molecule has 1 unspecified atom stereocenters. The monoisotopic (exact) mass is 389 g/mol. The Labute approximate surface area is 168 Å².